The molecule has 1 N–H and O–H groups in total. The predicted octanol–water partition coefficient (Wildman–Crippen LogP) is 4.25. The Balaban J connectivity index is 1.44. The molecule has 8 heteroatoms. The van der Waals surface area contributed by atoms with E-state index in [-0.39, 0.29) is 11.7 Å². The van der Waals surface area contributed by atoms with E-state index in [1.807, 2.05) is 0 Å². The number of benzene rings is 1. The van der Waals surface area contributed by atoms with Crippen molar-refractivity contribution in [3.05, 3.63) is 97.0 Å². The molecule has 0 radical (unpaired) electrons. The number of nitrogens with one attached hydrogen (secondary N) is 1. The van der Waals surface area contributed by atoms with Gasteiger partial charge in [0.05, 0.1) is 11.9 Å². The van der Waals surface area contributed by atoms with Gasteiger partial charge in [0.15, 0.2) is 17.4 Å². The minimum Gasteiger partial charge on any atom is -0.453 e. The van der Waals surface area contributed by atoms with Gasteiger partial charge in [0.25, 0.3) is 0 Å². The number of carbonyl (C=O) groups excluding carboxylic acids is 1. The van der Waals surface area contributed by atoms with Crippen molar-refractivity contribution in [1.29, 1.82) is 0 Å². The summed E-state index contributed by atoms with van der Waals surface area (Å²) < 4.78 is 21.3. The van der Waals surface area contributed by atoms with E-state index in [2.05, 4.69) is 20.4 Å². The number of hydrogen-bond donors (Lipinski definition) is 1. The van der Waals surface area contributed by atoms with Gasteiger partial charge in [-0.2, -0.15) is 5.10 Å². The van der Waals surface area contributed by atoms with Crippen LogP contribution in [-0.4, -0.2) is 25.7 Å². The minimum atomic E-state index is -0.547. The lowest BCUT2D eigenvalue weighted by atomic mass is 10.2. The number of ether oxygens (including phenoxy) is 1. The van der Waals surface area contributed by atoms with E-state index in [0.29, 0.717) is 22.8 Å². The predicted molar refractivity (Wildman–Crippen MR) is 110 cm³/mol. The summed E-state index contributed by atoms with van der Waals surface area (Å²) in [5.74, 6) is 0.0710. The zero-order valence-electron chi connectivity index (χ0n) is 15.6. The molecule has 3 aromatic heterocycles. The van der Waals surface area contributed by atoms with Gasteiger partial charge in [-0.05, 0) is 54.1 Å². The molecule has 30 heavy (non-hydrogen) atoms. The lowest BCUT2D eigenvalue weighted by Crippen LogP contribution is -2.11. The summed E-state index contributed by atoms with van der Waals surface area (Å²) >= 11 is 0. The third-order valence-electron chi connectivity index (χ3n) is 4.01. The monoisotopic (exact) mass is 401 g/mol. The lowest BCUT2D eigenvalue weighted by Gasteiger charge is -2.08. The number of aromatic nitrogens is 4. The molecule has 0 spiro atoms. The van der Waals surface area contributed by atoms with Crippen LogP contribution < -0.4 is 10.1 Å². The highest BCUT2D eigenvalue weighted by Gasteiger charge is 2.09. The van der Waals surface area contributed by atoms with Crippen LogP contribution in [0.25, 0.3) is 11.9 Å². The van der Waals surface area contributed by atoms with Crippen molar-refractivity contribution in [2.24, 2.45) is 0 Å². The van der Waals surface area contributed by atoms with E-state index >= 15 is 0 Å². The zero-order valence-corrected chi connectivity index (χ0v) is 15.6. The van der Waals surface area contributed by atoms with Crippen LogP contribution >= 0.6 is 0 Å². The summed E-state index contributed by atoms with van der Waals surface area (Å²) in [7, 11) is 0. The highest BCUT2D eigenvalue weighted by molar-refractivity contribution is 6.02. The average molecular weight is 401 g/mol. The molecule has 148 valence electrons. The Kier molecular flexibility index (Phi) is 5.56. The van der Waals surface area contributed by atoms with Crippen LogP contribution in [0.5, 0.6) is 11.5 Å². The first-order chi connectivity index (χ1) is 14.7. The Morgan fingerprint density at radius 1 is 1.10 bits per heavy atom. The van der Waals surface area contributed by atoms with Gasteiger partial charge in [0.2, 0.25) is 5.91 Å². The Morgan fingerprint density at radius 3 is 2.77 bits per heavy atom. The van der Waals surface area contributed by atoms with Crippen molar-refractivity contribution in [3.8, 4) is 17.3 Å². The second-order valence-corrected chi connectivity index (χ2v) is 6.13. The fourth-order valence-corrected chi connectivity index (χ4v) is 2.66. The molecule has 0 aliphatic carbocycles. The third kappa shape index (κ3) is 4.56. The first kappa shape index (κ1) is 19.0. The zero-order chi connectivity index (χ0) is 20.8. The van der Waals surface area contributed by atoms with Gasteiger partial charge >= 0.3 is 0 Å². The molecule has 7 nitrogen and oxygen atoms in total. The summed E-state index contributed by atoms with van der Waals surface area (Å²) in [6, 6.07) is 13.0. The van der Waals surface area contributed by atoms with E-state index in [1.165, 1.54) is 30.5 Å². The van der Waals surface area contributed by atoms with Gasteiger partial charge in [-0.15, -0.1) is 0 Å². The van der Waals surface area contributed by atoms with Crippen LogP contribution in [0, 0.1) is 5.82 Å². The van der Waals surface area contributed by atoms with E-state index < -0.39 is 5.82 Å². The second kappa shape index (κ2) is 8.78. The van der Waals surface area contributed by atoms with Crippen LogP contribution in [0.1, 0.15) is 5.56 Å². The second-order valence-electron chi connectivity index (χ2n) is 6.13. The Labute approximate surface area is 171 Å². The van der Waals surface area contributed by atoms with Crippen molar-refractivity contribution < 1.29 is 13.9 Å². The van der Waals surface area contributed by atoms with E-state index in [4.69, 9.17) is 4.74 Å². The molecular weight excluding hydrogens is 385 g/mol. The normalized spacial score (nSPS) is 10.8. The first-order valence-corrected chi connectivity index (χ1v) is 9.00. The molecule has 1 amide bonds. The Bertz CT molecular complexity index is 1180. The number of nitrogens with zero attached hydrogens (tertiary/aromatic N) is 4. The van der Waals surface area contributed by atoms with Crippen molar-refractivity contribution in [2.45, 2.75) is 0 Å². The van der Waals surface area contributed by atoms with Crippen LogP contribution in [0.2, 0.25) is 0 Å². The number of rotatable bonds is 6. The highest BCUT2D eigenvalue weighted by atomic mass is 19.1. The lowest BCUT2D eigenvalue weighted by molar-refractivity contribution is -0.111. The van der Waals surface area contributed by atoms with Crippen molar-refractivity contribution in [2.75, 3.05) is 5.32 Å². The number of carbonyl (C=O) groups is 1. The van der Waals surface area contributed by atoms with Crippen molar-refractivity contribution in [1.82, 2.24) is 19.7 Å². The number of amides is 1. The molecule has 0 saturated heterocycles. The van der Waals surface area contributed by atoms with E-state index in [0.717, 1.165) is 0 Å². The summed E-state index contributed by atoms with van der Waals surface area (Å²) in [6.45, 7) is 0. The summed E-state index contributed by atoms with van der Waals surface area (Å²) in [6.07, 6.45) is 10.9. The van der Waals surface area contributed by atoms with E-state index in [9.17, 15) is 9.18 Å². The minimum absolute atomic E-state index is 0.0730. The molecule has 0 bridgehead atoms. The standard InChI is InChI=1S/C22H16FN5O2/c23-18-14-16(6-8-20(18)30-17-4-1-10-24-15-17)7-9-21(29)27-19-5-2-11-25-22(19)28-13-3-12-26-28/h1-15H,(H,27,29)/b9-7+. The fraction of sp³-hybridized carbons (Fsp3) is 0. The molecule has 0 atom stereocenters. The van der Waals surface area contributed by atoms with Crippen molar-refractivity contribution in [3.63, 3.8) is 0 Å². The SMILES string of the molecule is O=C(/C=C/c1ccc(Oc2cccnc2)c(F)c1)Nc1cccnc1-n1cccn1. The maximum absolute atomic E-state index is 14.3. The average Bonchev–Trinajstić information content (AvgIpc) is 3.30. The molecule has 0 aliphatic rings. The Morgan fingerprint density at radius 2 is 2.00 bits per heavy atom. The highest BCUT2D eigenvalue weighted by Crippen LogP contribution is 2.25. The van der Waals surface area contributed by atoms with Gasteiger partial charge in [-0.25, -0.2) is 14.1 Å². The summed E-state index contributed by atoms with van der Waals surface area (Å²) in [5.41, 5.74) is 1.02. The summed E-state index contributed by atoms with van der Waals surface area (Å²) in [5, 5.41) is 6.88. The molecule has 0 saturated carbocycles. The molecule has 0 unspecified atom stereocenters. The van der Waals surface area contributed by atoms with Gasteiger partial charge in [0, 0.05) is 30.9 Å². The molecular formula is C22H16FN5O2. The molecule has 4 aromatic rings. The molecule has 3 heterocycles. The van der Waals surface area contributed by atoms with Gasteiger partial charge in [0.1, 0.15) is 5.75 Å². The van der Waals surface area contributed by atoms with Crippen LogP contribution in [0.3, 0.4) is 0 Å². The largest absolute Gasteiger partial charge is 0.453 e. The maximum Gasteiger partial charge on any atom is 0.248 e. The van der Waals surface area contributed by atoms with Gasteiger partial charge in [-0.3, -0.25) is 9.78 Å². The quantitative estimate of drug-likeness (QED) is 0.489. The molecule has 1 aromatic carbocycles. The fourth-order valence-electron chi connectivity index (χ4n) is 2.66. The molecule has 0 aliphatic heterocycles. The number of anilines is 1. The number of pyridine rings is 2. The third-order valence-corrected chi connectivity index (χ3v) is 4.01. The number of halogens is 1. The van der Waals surface area contributed by atoms with E-state index in [1.54, 1.807) is 65.9 Å². The van der Waals surface area contributed by atoms with Crippen LogP contribution in [-0.2, 0) is 4.79 Å². The topological polar surface area (TPSA) is 81.9 Å². The molecule has 4 rings (SSSR count). The van der Waals surface area contributed by atoms with Gasteiger partial charge < -0.3 is 10.1 Å². The number of hydrogen-bond acceptors (Lipinski definition) is 5. The maximum atomic E-state index is 14.3. The van der Waals surface area contributed by atoms with Crippen molar-refractivity contribution >= 4 is 17.7 Å². The summed E-state index contributed by atoms with van der Waals surface area (Å²) in [4.78, 5) is 20.5. The molecule has 0 fully saturated rings. The van der Waals surface area contributed by atoms with Gasteiger partial charge in [-0.1, -0.05) is 6.07 Å². The smallest absolute Gasteiger partial charge is 0.248 e. The Hall–Kier alpha value is -4.33. The van der Waals surface area contributed by atoms with Crippen LogP contribution in [0.15, 0.2) is 85.6 Å². The first-order valence-electron chi connectivity index (χ1n) is 9.00. The van der Waals surface area contributed by atoms with Crippen LogP contribution in [0.4, 0.5) is 10.1 Å².